The van der Waals surface area contributed by atoms with E-state index in [4.69, 9.17) is 4.98 Å². The van der Waals surface area contributed by atoms with Crippen LogP contribution in [0.15, 0.2) is 204 Å². The topological polar surface area (TPSA) is 21.1 Å². The van der Waals surface area contributed by atoms with Gasteiger partial charge in [0.05, 0.1) is 11.0 Å². The lowest BCUT2D eigenvalue weighted by Gasteiger charge is -2.35. The van der Waals surface area contributed by atoms with E-state index in [1.165, 1.54) is 59.6 Å². The van der Waals surface area contributed by atoms with Gasteiger partial charge in [-0.3, -0.25) is 4.57 Å². The molecule has 3 nitrogen and oxygen atoms in total. The zero-order valence-corrected chi connectivity index (χ0v) is 30.1. The summed E-state index contributed by atoms with van der Waals surface area (Å²) in [4.78, 5) is 10.4. The highest BCUT2D eigenvalue weighted by molar-refractivity contribution is 8.00. The third kappa shape index (κ3) is 4.97. The fourth-order valence-corrected chi connectivity index (χ4v) is 9.67. The number of nitrogens with zero attached hydrogens (tertiary/aromatic N) is 3. The van der Waals surface area contributed by atoms with Crippen LogP contribution in [0.5, 0.6) is 0 Å². The normalized spacial score (nSPS) is 12.3. The van der Waals surface area contributed by atoms with E-state index in [1.807, 2.05) is 11.8 Å². The van der Waals surface area contributed by atoms with Crippen molar-refractivity contribution < 1.29 is 0 Å². The summed E-state index contributed by atoms with van der Waals surface area (Å²) in [5.74, 6) is 0.955. The molecule has 2 aliphatic heterocycles. The van der Waals surface area contributed by atoms with E-state index in [9.17, 15) is 0 Å². The van der Waals surface area contributed by atoms with Gasteiger partial charge in [0, 0.05) is 38.1 Å². The largest absolute Gasteiger partial charge is 0.310 e. The van der Waals surface area contributed by atoms with Gasteiger partial charge in [-0.2, -0.15) is 0 Å². The summed E-state index contributed by atoms with van der Waals surface area (Å²) in [5.41, 5.74) is 16.6. The first kappa shape index (κ1) is 31.0. The molecule has 11 rings (SSSR count). The van der Waals surface area contributed by atoms with Gasteiger partial charge in [0.15, 0.2) is 0 Å². The Balaban J connectivity index is 1.24. The lowest BCUT2D eigenvalue weighted by atomic mass is 9.35. The first-order valence-corrected chi connectivity index (χ1v) is 19.2. The molecule has 0 saturated carbocycles. The molecular formula is C49H32BN3S. The molecule has 0 fully saturated rings. The van der Waals surface area contributed by atoms with Crippen LogP contribution in [0.4, 0.5) is 17.1 Å². The highest BCUT2D eigenvalue weighted by Gasteiger charge is 2.41. The summed E-state index contributed by atoms with van der Waals surface area (Å²) in [6, 6.07) is 70.2. The highest BCUT2D eigenvalue weighted by atomic mass is 32.2. The first-order chi connectivity index (χ1) is 26.8. The van der Waals surface area contributed by atoms with E-state index in [0.29, 0.717) is 0 Å². The Morgan fingerprint density at radius 2 is 1.02 bits per heavy atom. The Kier molecular flexibility index (Phi) is 7.20. The quantitative estimate of drug-likeness (QED) is 0.161. The summed E-state index contributed by atoms with van der Waals surface area (Å²) in [5, 5.41) is 0. The van der Waals surface area contributed by atoms with E-state index in [2.05, 4.69) is 204 Å². The molecule has 0 unspecified atom stereocenters. The maximum absolute atomic E-state index is 5.50. The molecule has 5 heteroatoms. The molecule has 252 valence electrons. The maximum atomic E-state index is 5.50. The predicted molar refractivity (Wildman–Crippen MR) is 227 cm³/mol. The summed E-state index contributed by atoms with van der Waals surface area (Å²) in [7, 11) is 0. The second kappa shape index (κ2) is 12.5. The van der Waals surface area contributed by atoms with Crippen LogP contribution < -0.4 is 21.3 Å². The van der Waals surface area contributed by atoms with E-state index < -0.39 is 0 Å². The molecule has 0 bridgehead atoms. The molecule has 0 saturated heterocycles. The number of para-hydroxylation sites is 2. The summed E-state index contributed by atoms with van der Waals surface area (Å²) in [6.45, 7) is 0.0333. The second-order valence-corrected chi connectivity index (χ2v) is 15.1. The number of aromatic nitrogens is 2. The standard InChI is InChI=1S/C49H32BN3S/c1-6-16-33(17-7-1)36-26-27-41-45(30-36)54-46-32-40(52(38-22-12-4-13-23-38)39-24-14-5-15-25-39)31-44-47(46)50(41)42-28-37(34-18-8-2-9-19-34)29-43-48(42)53(44)49(51-43)35-20-10-3-11-21-35/h1-32H. The Bertz CT molecular complexity index is 2800. The van der Waals surface area contributed by atoms with Crippen LogP contribution in [-0.4, -0.2) is 16.3 Å². The Labute approximate surface area is 319 Å². The van der Waals surface area contributed by atoms with Gasteiger partial charge >= 0.3 is 0 Å². The summed E-state index contributed by atoms with van der Waals surface area (Å²) >= 11 is 1.89. The van der Waals surface area contributed by atoms with Crippen LogP contribution in [-0.2, 0) is 0 Å². The van der Waals surface area contributed by atoms with Gasteiger partial charge in [-0.1, -0.05) is 163 Å². The number of imidazole rings is 1. The van der Waals surface area contributed by atoms with Crippen molar-refractivity contribution in [3.05, 3.63) is 194 Å². The van der Waals surface area contributed by atoms with Gasteiger partial charge in [-0.15, -0.1) is 0 Å². The average molecular weight is 706 g/mol. The van der Waals surface area contributed by atoms with Crippen LogP contribution >= 0.6 is 11.8 Å². The van der Waals surface area contributed by atoms with Crippen molar-refractivity contribution in [3.63, 3.8) is 0 Å². The summed E-state index contributed by atoms with van der Waals surface area (Å²) < 4.78 is 2.45. The minimum atomic E-state index is 0.0333. The minimum absolute atomic E-state index is 0.0333. The van der Waals surface area contributed by atoms with Crippen molar-refractivity contribution in [2.75, 3.05) is 4.90 Å². The molecule has 0 aliphatic carbocycles. The average Bonchev–Trinajstić information content (AvgIpc) is 3.64. The van der Waals surface area contributed by atoms with Crippen LogP contribution in [0.2, 0.25) is 0 Å². The molecule has 0 radical (unpaired) electrons. The SMILES string of the molecule is c1ccc(-c2ccc3c(c2)Sc2cc(N(c4ccccc4)c4ccccc4)cc4c2B3c2cc(-c3ccccc3)cc3nc(-c5ccccc5)n-4c23)cc1. The number of benzene rings is 8. The number of hydrogen-bond acceptors (Lipinski definition) is 3. The molecule has 8 aromatic carbocycles. The van der Waals surface area contributed by atoms with E-state index in [1.54, 1.807) is 0 Å². The van der Waals surface area contributed by atoms with Crippen LogP contribution in [0.3, 0.4) is 0 Å². The zero-order valence-electron chi connectivity index (χ0n) is 29.3. The molecule has 9 aromatic rings. The van der Waals surface area contributed by atoms with Crippen molar-refractivity contribution in [2.45, 2.75) is 9.79 Å². The second-order valence-electron chi connectivity index (χ2n) is 14.0. The van der Waals surface area contributed by atoms with E-state index >= 15 is 0 Å². The van der Waals surface area contributed by atoms with E-state index in [-0.39, 0.29) is 6.71 Å². The third-order valence-electron chi connectivity index (χ3n) is 10.8. The smallest absolute Gasteiger partial charge is 0.249 e. The lowest BCUT2D eigenvalue weighted by Crippen LogP contribution is -2.58. The lowest BCUT2D eigenvalue weighted by molar-refractivity contribution is 1.09. The molecule has 1 aromatic heterocycles. The zero-order chi connectivity index (χ0) is 35.6. The number of anilines is 3. The number of fused-ring (bicyclic) bond motifs is 4. The van der Waals surface area contributed by atoms with Crippen molar-refractivity contribution >= 4 is 63.0 Å². The van der Waals surface area contributed by atoms with Crippen LogP contribution in [0.25, 0.3) is 50.4 Å². The fraction of sp³-hybridized carbons (Fsp3) is 0. The van der Waals surface area contributed by atoms with Crippen LogP contribution in [0.1, 0.15) is 0 Å². The van der Waals surface area contributed by atoms with Gasteiger partial charge in [0.1, 0.15) is 5.82 Å². The van der Waals surface area contributed by atoms with Crippen LogP contribution in [0, 0.1) is 0 Å². The van der Waals surface area contributed by atoms with Crippen molar-refractivity contribution in [2.24, 2.45) is 0 Å². The molecule has 0 N–H and O–H groups in total. The van der Waals surface area contributed by atoms with Crippen molar-refractivity contribution in [1.82, 2.24) is 9.55 Å². The van der Waals surface area contributed by atoms with Gasteiger partial charge < -0.3 is 4.90 Å². The molecule has 2 aliphatic rings. The van der Waals surface area contributed by atoms with Crippen molar-refractivity contribution in [3.8, 4) is 39.3 Å². The predicted octanol–water partition coefficient (Wildman–Crippen LogP) is 10.8. The Hall–Kier alpha value is -6.56. The van der Waals surface area contributed by atoms with Gasteiger partial charge in [0.2, 0.25) is 6.71 Å². The Morgan fingerprint density at radius 1 is 0.444 bits per heavy atom. The number of rotatable bonds is 6. The fourth-order valence-electron chi connectivity index (χ4n) is 8.43. The monoisotopic (exact) mass is 705 g/mol. The molecule has 54 heavy (non-hydrogen) atoms. The van der Waals surface area contributed by atoms with Gasteiger partial charge in [-0.05, 0) is 81.7 Å². The van der Waals surface area contributed by atoms with Crippen molar-refractivity contribution in [1.29, 1.82) is 0 Å². The molecule has 0 atom stereocenters. The molecule has 0 amide bonds. The molecule has 0 spiro atoms. The summed E-state index contributed by atoms with van der Waals surface area (Å²) in [6.07, 6.45) is 0. The molecular weight excluding hydrogens is 673 g/mol. The van der Waals surface area contributed by atoms with Gasteiger partial charge in [-0.25, -0.2) is 4.98 Å². The maximum Gasteiger partial charge on any atom is 0.249 e. The highest BCUT2D eigenvalue weighted by Crippen LogP contribution is 2.44. The first-order valence-electron chi connectivity index (χ1n) is 18.4. The van der Waals surface area contributed by atoms with Gasteiger partial charge in [0.25, 0.3) is 0 Å². The minimum Gasteiger partial charge on any atom is -0.310 e. The third-order valence-corrected chi connectivity index (χ3v) is 11.9. The number of hydrogen-bond donors (Lipinski definition) is 0. The van der Waals surface area contributed by atoms with E-state index in [0.717, 1.165) is 34.0 Å². The Morgan fingerprint density at radius 3 is 1.65 bits per heavy atom. The molecule has 3 heterocycles.